The highest BCUT2D eigenvalue weighted by molar-refractivity contribution is 7.99. The van der Waals surface area contributed by atoms with Gasteiger partial charge >= 0.3 is 0 Å². The van der Waals surface area contributed by atoms with Crippen molar-refractivity contribution in [2.24, 2.45) is 0 Å². The number of nitrogens with one attached hydrogen (secondary N) is 1. The molecule has 0 bridgehead atoms. The Hall–Kier alpha value is -0.0800. The predicted octanol–water partition coefficient (Wildman–Crippen LogP) is 1.41. The summed E-state index contributed by atoms with van der Waals surface area (Å²) in [7, 11) is -3.47. The molecule has 1 saturated heterocycles. The van der Waals surface area contributed by atoms with E-state index in [1.807, 2.05) is 0 Å². The number of thioether (sulfide) groups is 1. The molecule has 2 N–H and O–H groups in total. The topological polar surface area (TPSA) is 66.4 Å². The van der Waals surface area contributed by atoms with Crippen LogP contribution in [0.15, 0.2) is 16.3 Å². The van der Waals surface area contributed by atoms with Gasteiger partial charge in [-0.2, -0.15) is 11.8 Å². The number of aliphatic hydroxyl groups is 1. The molecule has 0 radical (unpaired) electrons. The maximum absolute atomic E-state index is 12.1. The highest BCUT2D eigenvalue weighted by atomic mass is 32.2. The van der Waals surface area contributed by atoms with E-state index in [0.29, 0.717) is 4.88 Å². The van der Waals surface area contributed by atoms with Crippen LogP contribution in [-0.4, -0.2) is 31.1 Å². The number of thiophene rings is 1. The lowest BCUT2D eigenvalue weighted by Crippen LogP contribution is -2.38. The van der Waals surface area contributed by atoms with Crippen molar-refractivity contribution in [3.05, 3.63) is 16.3 Å². The van der Waals surface area contributed by atoms with Gasteiger partial charge in [-0.25, -0.2) is 13.1 Å². The third-order valence-electron chi connectivity index (χ3n) is 2.62. The first-order valence-corrected chi connectivity index (χ1v) is 8.92. The van der Waals surface area contributed by atoms with Gasteiger partial charge in [0.05, 0.1) is 11.5 Å². The smallest absolute Gasteiger partial charge is 0.242 e. The average molecular weight is 293 g/mol. The molecule has 0 aromatic carbocycles. The van der Waals surface area contributed by atoms with Crippen LogP contribution in [-0.2, 0) is 16.6 Å². The van der Waals surface area contributed by atoms with Crippen LogP contribution in [0.25, 0.3) is 0 Å². The molecule has 1 aromatic rings. The molecule has 2 heterocycles. The van der Waals surface area contributed by atoms with E-state index in [-0.39, 0.29) is 17.5 Å². The third kappa shape index (κ3) is 3.23. The molecule has 96 valence electrons. The number of sulfonamides is 1. The van der Waals surface area contributed by atoms with Gasteiger partial charge < -0.3 is 5.11 Å². The van der Waals surface area contributed by atoms with Crippen molar-refractivity contribution >= 4 is 33.1 Å². The molecule has 1 atom stereocenters. The van der Waals surface area contributed by atoms with Gasteiger partial charge in [0.2, 0.25) is 10.0 Å². The van der Waals surface area contributed by atoms with Gasteiger partial charge in [-0.15, -0.1) is 11.3 Å². The highest BCUT2D eigenvalue weighted by Gasteiger charge is 2.24. The fourth-order valence-corrected chi connectivity index (χ4v) is 5.54. The number of hydrogen-bond acceptors (Lipinski definition) is 5. The summed E-state index contributed by atoms with van der Waals surface area (Å²) in [6, 6.07) is 1.57. The van der Waals surface area contributed by atoms with Crippen molar-refractivity contribution < 1.29 is 13.5 Å². The maximum Gasteiger partial charge on any atom is 0.242 e. The summed E-state index contributed by atoms with van der Waals surface area (Å²) in [5.41, 5.74) is 0. The van der Waals surface area contributed by atoms with Gasteiger partial charge in [-0.05, 0) is 30.0 Å². The molecule has 4 nitrogen and oxygen atoms in total. The van der Waals surface area contributed by atoms with Gasteiger partial charge in [-0.3, -0.25) is 0 Å². The number of hydrogen-bond donors (Lipinski definition) is 2. The minimum Gasteiger partial charge on any atom is -0.391 e. The Morgan fingerprint density at radius 2 is 2.35 bits per heavy atom. The standard InChI is InChI=1S/C10H15NO3S3/c12-6-9-10(3-5-16-9)17(13,14)11-8-2-1-4-15-7-8/h3,5,8,11-12H,1-2,4,6-7H2. The van der Waals surface area contributed by atoms with E-state index in [4.69, 9.17) is 5.11 Å². The first kappa shape index (κ1) is 13.4. The summed E-state index contributed by atoms with van der Waals surface area (Å²) in [6.07, 6.45) is 1.94. The number of aliphatic hydroxyl groups excluding tert-OH is 1. The van der Waals surface area contributed by atoms with Crippen molar-refractivity contribution in [1.29, 1.82) is 0 Å². The van der Waals surface area contributed by atoms with Crippen molar-refractivity contribution in [3.63, 3.8) is 0 Å². The van der Waals surface area contributed by atoms with Crippen LogP contribution in [0.5, 0.6) is 0 Å². The van der Waals surface area contributed by atoms with Gasteiger partial charge in [0.15, 0.2) is 0 Å². The second-order valence-corrected chi connectivity index (χ2v) is 7.73. The molecule has 0 spiro atoms. The molecule has 0 amide bonds. The summed E-state index contributed by atoms with van der Waals surface area (Å²) in [5, 5.41) is 10.8. The first-order chi connectivity index (χ1) is 8.13. The second kappa shape index (κ2) is 5.71. The van der Waals surface area contributed by atoms with E-state index < -0.39 is 10.0 Å². The zero-order valence-electron chi connectivity index (χ0n) is 9.26. The van der Waals surface area contributed by atoms with Crippen LogP contribution in [0, 0.1) is 0 Å². The van der Waals surface area contributed by atoms with Crippen molar-refractivity contribution in [2.75, 3.05) is 11.5 Å². The Kier molecular flexibility index (Phi) is 4.48. The normalized spacial score (nSPS) is 21.6. The average Bonchev–Trinajstić information content (AvgIpc) is 2.78. The summed E-state index contributed by atoms with van der Waals surface area (Å²) < 4.78 is 27.0. The fraction of sp³-hybridized carbons (Fsp3) is 0.600. The summed E-state index contributed by atoms with van der Waals surface area (Å²) >= 11 is 3.04. The summed E-state index contributed by atoms with van der Waals surface area (Å²) in [6.45, 7) is -0.229. The molecule has 1 aromatic heterocycles. The molecule has 1 fully saturated rings. The van der Waals surface area contributed by atoms with Gasteiger partial charge in [0, 0.05) is 16.7 Å². The minimum absolute atomic E-state index is 0.0187. The van der Waals surface area contributed by atoms with Crippen LogP contribution in [0.4, 0.5) is 0 Å². The molecule has 17 heavy (non-hydrogen) atoms. The quantitative estimate of drug-likeness (QED) is 0.881. The molecule has 0 saturated carbocycles. The van der Waals surface area contributed by atoms with Crippen LogP contribution in [0.3, 0.4) is 0 Å². The van der Waals surface area contributed by atoms with Crippen LogP contribution >= 0.6 is 23.1 Å². The molecule has 1 aliphatic rings. The Morgan fingerprint density at radius 1 is 1.53 bits per heavy atom. The van der Waals surface area contributed by atoms with Gasteiger partial charge in [-0.1, -0.05) is 0 Å². The van der Waals surface area contributed by atoms with Gasteiger partial charge in [0.25, 0.3) is 0 Å². The lowest BCUT2D eigenvalue weighted by Gasteiger charge is -2.22. The van der Waals surface area contributed by atoms with Crippen LogP contribution < -0.4 is 4.72 Å². The monoisotopic (exact) mass is 293 g/mol. The molecule has 7 heteroatoms. The molecule has 1 aliphatic heterocycles. The number of rotatable bonds is 4. The van der Waals surface area contributed by atoms with E-state index in [1.165, 1.54) is 11.3 Å². The van der Waals surface area contributed by atoms with E-state index >= 15 is 0 Å². The Balaban J connectivity index is 2.13. The third-order valence-corrected chi connectivity index (χ3v) is 6.48. The molecule has 0 aliphatic carbocycles. The summed E-state index contributed by atoms with van der Waals surface area (Å²) in [5.74, 6) is 1.94. The SMILES string of the molecule is O=S(=O)(NC1CCCSC1)c1ccsc1CO. The first-order valence-electron chi connectivity index (χ1n) is 5.41. The van der Waals surface area contributed by atoms with E-state index in [0.717, 1.165) is 24.3 Å². The zero-order chi connectivity index (χ0) is 12.3. The largest absolute Gasteiger partial charge is 0.391 e. The Morgan fingerprint density at radius 3 is 3.00 bits per heavy atom. The molecule has 2 rings (SSSR count). The summed E-state index contributed by atoms with van der Waals surface area (Å²) in [4.78, 5) is 0.724. The van der Waals surface area contributed by atoms with E-state index in [2.05, 4.69) is 4.72 Å². The minimum atomic E-state index is -3.47. The lowest BCUT2D eigenvalue weighted by atomic mass is 10.2. The Bertz CT molecular complexity index is 463. The van der Waals surface area contributed by atoms with Crippen molar-refractivity contribution in [3.8, 4) is 0 Å². The Labute approximate surface area is 109 Å². The fourth-order valence-electron chi connectivity index (χ4n) is 1.80. The van der Waals surface area contributed by atoms with Crippen molar-refractivity contribution in [1.82, 2.24) is 4.72 Å². The lowest BCUT2D eigenvalue weighted by molar-refractivity contribution is 0.282. The molecular formula is C10H15NO3S3. The van der Waals surface area contributed by atoms with E-state index in [1.54, 1.807) is 23.2 Å². The second-order valence-electron chi connectivity index (χ2n) is 3.90. The van der Waals surface area contributed by atoms with Crippen LogP contribution in [0.2, 0.25) is 0 Å². The van der Waals surface area contributed by atoms with Crippen LogP contribution in [0.1, 0.15) is 17.7 Å². The molecular weight excluding hydrogens is 278 g/mol. The molecule has 1 unspecified atom stereocenters. The maximum atomic E-state index is 12.1. The van der Waals surface area contributed by atoms with E-state index in [9.17, 15) is 8.42 Å². The zero-order valence-corrected chi connectivity index (χ0v) is 11.7. The van der Waals surface area contributed by atoms with Crippen molar-refractivity contribution in [2.45, 2.75) is 30.4 Å². The van der Waals surface area contributed by atoms with Gasteiger partial charge in [0.1, 0.15) is 0 Å². The highest BCUT2D eigenvalue weighted by Crippen LogP contribution is 2.24. The predicted molar refractivity (Wildman–Crippen MR) is 70.9 cm³/mol.